The van der Waals surface area contributed by atoms with Crippen LogP contribution in [0.2, 0.25) is 0 Å². The Balaban J connectivity index is 2.11. The van der Waals surface area contributed by atoms with E-state index in [0.717, 1.165) is 35.7 Å². The summed E-state index contributed by atoms with van der Waals surface area (Å²) in [7, 11) is 0. The molecular formula is C21H23NO. The average molecular weight is 305 g/mol. The summed E-state index contributed by atoms with van der Waals surface area (Å²) < 4.78 is 0. The van der Waals surface area contributed by atoms with Gasteiger partial charge in [-0.25, -0.2) is 0 Å². The molecule has 0 heterocycles. The number of aromatic hydroxyl groups is 1. The lowest BCUT2D eigenvalue weighted by Gasteiger charge is -2.22. The minimum atomic E-state index is -0.00569. The molecule has 0 spiro atoms. The average Bonchev–Trinajstić information content (AvgIpc) is 2.60. The summed E-state index contributed by atoms with van der Waals surface area (Å²) in [5.74, 6) is 0.349. The van der Waals surface area contributed by atoms with Crippen molar-refractivity contribution in [3.63, 3.8) is 0 Å². The molecule has 0 aliphatic heterocycles. The van der Waals surface area contributed by atoms with Crippen molar-refractivity contribution < 1.29 is 5.11 Å². The number of rotatable bonds is 6. The molecule has 118 valence electrons. The number of fused-ring (bicyclic) bond motifs is 1. The summed E-state index contributed by atoms with van der Waals surface area (Å²) in [5.41, 5.74) is 2.14. The Bertz CT molecular complexity index is 767. The molecule has 0 fully saturated rings. The van der Waals surface area contributed by atoms with Gasteiger partial charge in [0, 0.05) is 5.56 Å². The first-order valence-electron chi connectivity index (χ1n) is 8.30. The van der Waals surface area contributed by atoms with Crippen LogP contribution in [0.4, 0.5) is 0 Å². The Morgan fingerprint density at radius 1 is 0.913 bits per heavy atom. The van der Waals surface area contributed by atoms with Gasteiger partial charge in [0.15, 0.2) is 0 Å². The predicted molar refractivity (Wildman–Crippen MR) is 96.8 cm³/mol. The molecule has 23 heavy (non-hydrogen) atoms. The van der Waals surface area contributed by atoms with Gasteiger partial charge in [0.05, 0.1) is 6.04 Å². The molecule has 0 radical (unpaired) electrons. The van der Waals surface area contributed by atoms with Crippen LogP contribution in [0, 0.1) is 0 Å². The predicted octanol–water partition coefficient (Wildman–Crippen LogP) is 5.02. The number of hydrogen-bond donors (Lipinski definition) is 2. The second-order valence-electron chi connectivity index (χ2n) is 5.87. The molecule has 0 saturated heterocycles. The van der Waals surface area contributed by atoms with Crippen molar-refractivity contribution >= 4 is 10.8 Å². The van der Waals surface area contributed by atoms with Crippen LogP contribution in [0.15, 0.2) is 66.7 Å². The van der Waals surface area contributed by atoms with Crippen LogP contribution in [0.5, 0.6) is 5.75 Å². The number of phenolic OH excluding ortho intramolecular Hbond substituents is 1. The van der Waals surface area contributed by atoms with E-state index >= 15 is 0 Å². The van der Waals surface area contributed by atoms with Crippen molar-refractivity contribution in [3.8, 4) is 5.75 Å². The zero-order valence-corrected chi connectivity index (χ0v) is 13.5. The fourth-order valence-corrected chi connectivity index (χ4v) is 3.04. The summed E-state index contributed by atoms with van der Waals surface area (Å²) in [5, 5.41) is 16.4. The van der Waals surface area contributed by atoms with E-state index in [9.17, 15) is 5.11 Å². The third-order valence-electron chi connectivity index (χ3n) is 4.25. The van der Waals surface area contributed by atoms with Gasteiger partial charge in [-0.2, -0.15) is 0 Å². The summed E-state index contributed by atoms with van der Waals surface area (Å²) in [6, 6.07) is 22.4. The third kappa shape index (κ3) is 3.38. The van der Waals surface area contributed by atoms with Crippen LogP contribution in [-0.2, 0) is 0 Å². The number of phenols is 1. The van der Waals surface area contributed by atoms with E-state index in [1.807, 2.05) is 36.4 Å². The Kier molecular flexibility index (Phi) is 4.94. The van der Waals surface area contributed by atoms with Crippen molar-refractivity contribution in [2.24, 2.45) is 0 Å². The molecule has 0 amide bonds. The maximum absolute atomic E-state index is 10.6. The van der Waals surface area contributed by atoms with Gasteiger partial charge in [0.2, 0.25) is 0 Å². The minimum absolute atomic E-state index is 0.00569. The standard InChI is InChI=1S/C21H23NO/c1-2-3-15-22-21(17-10-5-4-6-11-17)20-18-12-8-7-9-16(18)13-14-19(20)23/h4-14,21-23H,2-3,15H2,1H3/t21-/m0/s1. The molecule has 2 heteroatoms. The molecule has 0 aliphatic carbocycles. The molecule has 2 nitrogen and oxygen atoms in total. The van der Waals surface area contributed by atoms with Crippen LogP contribution in [-0.4, -0.2) is 11.7 Å². The lowest BCUT2D eigenvalue weighted by atomic mass is 9.92. The molecule has 1 atom stereocenters. The van der Waals surface area contributed by atoms with Crippen molar-refractivity contribution in [3.05, 3.63) is 77.9 Å². The summed E-state index contributed by atoms with van der Waals surface area (Å²) in [6.45, 7) is 3.12. The van der Waals surface area contributed by atoms with Gasteiger partial charge < -0.3 is 10.4 Å². The van der Waals surface area contributed by atoms with Gasteiger partial charge in [0.25, 0.3) is 0 Å². The van der Waals surface area contributed by atoms with Crippen LogP contribution in [0.25, 0.3) is 10.8 Å². The Morgan fingerprint density at radius 2 is 1.65 bits per heavy atom. The zero-order chi connectivity index (χ0) is 16.1. The molecule has 3 aromatic carbocycles. The van der Waals surface area contributed by atoms with Gasteiger partial charge in [-0.3, -0.25) is 0 Å². The van der Waals surface area contributed by atoms with E-state index in [2.05, 4.69) is 36.5 Å². The smallest absolute Gasteiger partial charge is 0.121 e. The lowest BCUT2D eigenvalue weighted by Crippen LogP contribution is -2.23. The molecule has 0 bridgehead atoms. The first-order chi connectivity index (χ1) is 11.3. The van der Waals surface area contributed by atoms with E-state index in [1.165, 1.54) is 5.56 Å². The van der Waals surface area contributed by atoms with Crippen LogP contribution >= 0.6 is 0 Å². The second kappa shape index (κ2) is 7.30. The van der Waals surface area contributed by atoms with Crippen molar-refractivity contribution in [2.75, 3.05) is 6.54 Å². The zero-order valence-electron chi connectivity index (χ0n) is 13.5. The van der Waals surface area contributed by atoms with Crippen LogP contribution in [0.3, 0.4) is 0 Å². The van der Waals surface area contributed by atoms with E-state index in [1.54, 1.807) is 6.07 Å². The maximum atomic E-state index is 10.6. The van der Waals surface area contributed by atoms with E-state index in [0.29, 0.717) is 5.75 Å². The summed E-state index contributed by atoms with van der Waals surface area (Å²) in [6.07, 6.45) is 2.27. The summed E-state index contributed by atoms with van der Waals surface area (Å²) >= 11 is 0. The summed E-state index contributed by atoms with van der Waals surface area (Å²) in [4.78, 5) is 0. The third-order valence-corrected chi connectivity index (χ3v) is 4.25. The fourth-order valence-electron chi connectivity index (χ4n) is 3.04. The largest absolute Gasteiger partial charge is 0.508 e. The van der Waals surface area contributed by atoms with Crippen molar-refractivity contribution in [1.82, 2.24) is 5.32 Å². The second-order valence-corrected chi connectivity index (χ2v) is 5.87. The van der Waals surface area contributed by atoms with Gasteiger partial charge in [-0.1, -0.05) is 74.0 Å². The first-order valence-corrected chi connectivity index (χ1v) is 8.30. The van der Waals surface area contributed by atoms with Gasteiger partial charge in [-0.15, -0.1) is 0 Å². The van der Waals surface area contributed by atoms with Crippen molar-refractivity contribution in [2.45, 2.75) is 25.8 Å². The lowest BCUT2D eigenvalue weighted by molar-refractivity contribution is 0.458. The highest BCUT2D eigenvalue weighted by atomic mass is 16.3. The van der Waals surface area contributed by atoms with Gasteiger partial charge in [-0.05, 0) is 35.4 Å². The molecular weight excluding hydrogens is 282 g/mol. The van der Waals surface area contributed by atoms with Gasteiger partial charge >= 0.3 is 0 Å². The van der Waals surface area contributed by atoms with Crippen LogP contribution in [0.1, 0.15) is 36.9 Å². The topological polar surface area (TPSA) is 32.3 Å². The number of benzene rings is 3. The molecule has 0 aromatic heterocycles. The van der Waals surface area contributed by atoms with E-state index in [-0.39, 0.29) is 6.04 Å². The highest BCUT2D eigenvalue weighted by molar-refractivity contribution is 5.88. The monoisotopic (exact) mass is 305 g/mol. The van der Waals surface area contributed by atoms with Crippen LogP contribution < -0.4 is 5.32 Å². The Hall–Kier alpha value is -2.32. The molecule has 0 saturated carbocycles. The molecule has 0 unspecified atom stereocenters. The molecule has 2 N–H and O–H groups in total. The molecule has 0 aliphatic rings. The van der Waals surface area contributed by atoms with Gasteiger partial charge in [0.1, 0.15) is 5.75 Å². The van der Waals surface area contributed by atoms with E-state index < -0.39 is 0 Å². The highest BCUT2D eigenvalue weighted by Gasteiger charge is 2.19. The Morgan fingerprint density at radius 3 is 2.43 bits per heavy atom. The molecule has 3 rings (SSSR count). The number of unbranched alkanes of at least 4 members (excludes halogenated alkanes) is 1. The highest BCUT2D eigenvalue weighted by Crippen LogP contribution is 2.35. The fraction of sp³-hybridized carbons (Fsp3) is 0.238. The number of hydrogen-bond acceptors (Lipinski definition) is 2. The first kappa shape index (κ1) is 15.6. The minimum Gasteiger partial charge on any atom is -0.508 e. The number of nitrogens with one attached hydrogen (secondary N) is 1. The SMILES string of the molecule is CCCCN[C@@H](c1ccccc1)c1c(O)ccc2ccccc12. The normalized spacial score (nSPS) is 12.4. The quantitative estimate of drug-likeness (QED) is 0.626. The maximum Gasteiger partial charge on any atom is 0.121 e. The van der Waals surface area contributed by atoms with Crippen molar-refractivity contribution in [1.29, 1.82) is 0 Å². The Labute approximate surface area is 137 Å². The van der Waals surface area contributed by atoms with E-state index in [4.69, 9.17) is 0 Å². The molecule has 3 aromatic rings.